The first-order valence-corrected chi connectivity index (χ1v) is 9.39. The summed E-state index contributed by atoms with van der Waals surface area (Å²) in [6, 6.07) is 11.0. The van der Waals surface area contributed by atoms with Crippen molar-refractivity contribution in [1.82, 2.24) is 5.43 Å². The molecule has 2 aromatic rings. The molecule has 0 aliphatic heterocycles. The molecule has 0 saturated heterocycles. The fourth-order valence-corrected chi connectivity index (χ4v) is 3.14. The van der Waals surface area contributed by atoms with Gasteiger partial charge < -0.3 is 14.8 Å². The lowest BCUT2D eigenvalue weighted by Gasteiger charge is -2.10. The molecule has 148 valence electrons. The fourth-order valence-electron chi connectivity index (χ4n) is 2.52. The standard InChI is InChI=1S/C20H22BrN3O4/c1-4-14-7-5-6-8-16(14)23-18(25)11-19(26)24-22-12-13-9-15(21)20(28-3)17(10-13)27-2/h5-10,12H,4,11H2,1-3H3,(H,23,25)(H,24,26). The summed E-state index contributed by atoms with van der Waals surface area (Å²) in [5.41, 5.74) is 4.75. The number of benzene rings is 2. The molecule has 0 saturated carbocycles. The molecule has 28 heavy (non-hydrogen) atoms. The van der Waals surface area contributed by atoms with Crippen molar-refractivity contribution in [2.24, 2.45) is 5.10 Å². The number of rotatable bonds is 8. The number of nitrogens with one attached hydrogen (secondary N) is 2. The molecule has 0 atom stereocenters. The van der Waals surface area contributed by atoms with E-state index in [4.69, 9.17) is 9.47 Å². The zero-order chi connectivity index (χ0) is 20.5. The van der Waals surface area contributed by atoms with Gasteiger partial charge in [-0.25, -0.2) is 5.43 Å². The van der Waals surface area contributed by atoms with Gasteiger partial charge in [-0.2, -0.15) is 5.10 Å². The molecule has 0 aliphatic rings. The van der Waals surface area contributed by atoms with Gasteiger partial charge in [0.1, 0.15) is 6.42 Å². The highest BCUT2D eigenvalue weighted by atomic mass is 79.9. The average molecular weight is 448 g/mol. The highest BCUT2D eigenvalue weighted by Crippen LogP contribution is 2.35. The van der Waals surface area contributed by atoms with E-state index in [9.17, 15) is 9.59 Å². The molecule has 0 radical (unpaired) electrons. The van der Waals surface area contributed by atoms with Crippen molar-refractivity contribution in [3.05, 3.63) is 52.0 Å². The number of hydrogen-bond acceptors (Lipinski definition) is 5. The Balaban J connectivity index is 1.93. The van der Waals surface area contributed by atoms with Gasteiger partial charge in [0.25, 0.3) is 0 Å². The summed E-state index contributed by atoms with van der Waals surface area (Å²) < 4.78 is 11.2. The Morgan fingerprint density at radius 1 is 1.14 bits per heavy atom. The average Bonchev–Trinajstić information content (AvgIpc) is 2.67. The molecular weight excluding hydrogens is 426 g/mol. The van der Waals surface area contributed by atoms with Crippen LogP contribution >= 0.6 is 15.9 Å². The molecule has 0 heterocycles. The van der Waals surface area contributed by atoms with Gasteiger partial charge in [0, 0.05) is 5.69 Å². The van der Waals surface area contributed by atoms with E-state index in [1.165, 1.54) is 13.3 Å². The minimum absolute atomic E-state index is 0.328. The zero-order valence-electron chi connectivity index (χ0n) is 15.9. The number of aryl methyl sites for hydroxylation is 1. The van der Waals surface area contributed by atoms with Crippen LogP contribution in [0.3, 0.4) is 0 Å². The monoisotopic (exact) mass is 447 g/mol. The minimum Gasteiger partial charge on any atom is -0.493 e. The molecule has 0 unspecified atom stereocenters. The Labute approximate surface area is 172 Å². The van der Waals surface area contributed by atoms with Crippen LogP contribution in [0.2, 0.25) is 0 Å². The second kappa shape index (κ2) is 10.5. The molecular formula is C20H22BrN3O4. The largest absolute Gasteiger partial charge is 0.493 e. The normalized spacial score (nSPS) is 10.6. The Hall–Kier alpha value is -2.87. The molecule has 0 fully saturated rings. The second-order valence-corrected chi connectivity index (χ2v) is 6.62. The lowest BCUT2D eigenvalue weighted by atomic mass is 10.1. The third-order valence-electron chi connectivity index (χ3n) is 3.85. The van der Waals surface area contributed by atoms with Gasteiger partial charge in [0.15, 0.2) is 11.5 Å². The number of hydrazone groups is 1. The van der Waals surface area contributed by atoms with Crippen molar-refractivity contribution in [2.75, 3.05) is 19.5 Å². The van der Waals surface area contributed by atoms with Crippen molar-refractivity contribution in [3.63, 3.8) is 0 Å². The van der Waals surface area contributed by atoms with E-state index in [-0.39, 0.29) is 6.42 Å². The fraction of sp³-hybridized carbons (Fsp3) is 0.250. The van der Waals surface area contributed by atoms with Crippen LogP contribution < -0.4 is 20.2 Å². The Bertz CT molecular complexity index is 884. The first-order valence-electron chi connectivity index (χ1n) is 8.59. The second-order valence-electron chi connectivity index (χ2n) is 5.77. The van der Waals surface area contributed by atoms with Crippen molar-refractivity contribution >= 4 is 39.6 Å². The lowest BCUT2D eigenvalue weighted by Crippen LogP contribution is -2.25. The number of methoxy groups -OCH3 is 2. The van der Waals surface area contributed by atoms with Crippen LogP contribution in [0, 0.1) is 0 Å². The molecule has 7 nitrogen and oxygen atoms in total. The van der Waals surface area contributed by atoms with Crippen LogP contribution in [0.1, 0.15) is 24.5 Å². The topological polar surface area (TPSA) is 89.0 Å². The van der Waals surface area contributed by atoms with Crippen molar-refractivity contribution in [3.8, 4) is 11.5 Å². The SMILES string of the molecule is CCc1ccccc1NC(=O)CC(=O)NN=Cc1cc(Br)c(OC)c(OC)c1. The number of anilines is 1. The molecule has 0 bridgehead atoms. The van der Waals surface area contributed by atoms with Gasteiger partial charge >= 0.3 is 0 Å². The summed E-state index contributed by atoms with van der Waals surface area (Å²) in [7, 11) is 3.07. The van der Waals surface area contributed by atoms with Crippen LogP contribution in [-0.4, -0.2) is 32.2 Å². The van der Waals surface area contributed by atoms with Crippen LogP contribution in [0.4, 0.5) is 5.69 Å². The molecule has 2 N–H and O–H groups in total. The van der Waals surface area contributed by atoms with E-state index < -0.39 is 11.8 Å². The van der Waals surface area contributed by atoms with E-state index >= 15 is 0 Å². The summed E-state index contributed by atoms with van der Waals surface area (Å²) in [6.45, 7) is 2.00. The first-order chi connectivity index (χ1) is 13.5. The predicted molar refractivity (Wildman–Crippen MR) is 112 cm³/mol. The van der Waals surface area contributed by atoms with Crippen LogP contribution in [0.15, 0.2) is 46.0 Å². The summed E-state index contributed by atoms with van der Waals surface area (Å²) in [6.07, 6.45) is 1.91. The number of carbonyl (C=O) groups excluding carboxylic acids is 2. The molecule has 2 rings (SSSR count). The Morgan fingerprint density at radius 3 is 2.57 bits per heavy atom. The molecule has 2 aromatic carbocycles. The smallest absolute Gasteiger partial charge is 0.249 e. The number of carbonyl (C=O) groups is 2. The van der Waals surface area contributed by atoms with Gasteiger partial charge in [0.05, 0.1) is 24.9 Å². The highest BCUT2D eigenvalue weighted by Gasteiger charge is 2.11. The number of amides is 2. The molecule has 0 aliphatic carbocycles. The van der Waals surface area contributed by atoms with Crippen molar-refractivity contribution < 1.29 is 19.1 Å². The Kier molecular flexibility index (Phi) is 8.01. The van der Waals surface area contributed by atoms with Crippen LogP contribution in [0.25, 0.3) is 0 Å². The van der Waals surface area contributed by atoms with E-state index in [0.717, 1.165) is 12.0 Å². The van der Waals surface area contributed by atoms with Gasteiger partial charge in [-0.15, -0.1) is 0 Å². The third-order valence-corrected chi connectivity index (χ3v) is 4.44. The number of nitrogens with zero attached hydrogens (tertiary/aromatic N) is 1. The predicted octanol–water partition coefficient (Wildman–Crippen LogP) is 3.51. The van der Waals surface area contributed by atoms with E-state index in [1.807, 2.05) is 31.2 Å². The van der Waals surface area contributed by atoms with Crippen LogP contribution in [0.5, 0.6) is 11.5 Å². The number of ether oxygens (including phenoxy) is 2. The summed E-state index contributed by atoms with van der Waals surface area (Å²) in [5, 5.41) is 6.63. The summed E-state index contributed by atoms with van der Waals surface area (Å²) in [4.78, 5) is 24.0. The Morgan fingerprint density at radius 2 is 1.89 bits per heavy atom. The third kappa shape index (κ3) is 5.82. The van der Waals surface area contributed by atoms with E-state index in [1.54, 1.807) is 19.2 Å². The number of halogens is 1. The maximum absolute atomic E-state index is 12.1. The lowest BCUT2D eigenvalue weighted by molar-refractivity contribution is -0.126. The maximum Gasteiger partial charge on any atom is 0.249 e. The van der Waals surface area contributed by atoms with Gasteiger partial charge in [-0.05, 0) is 51.7 Å². The summed E-state index contributed by atoms with van der Waals surface area (Å²) in [5.74, 6) is 0.177. The van der Waals surface area contributed by atoms with Gasteiger partial charge in [0.2, 0.25) is 11.8 Å². The molecule has 8 heteroatoms. The molecule has 0 spiro atoms. The van der Waals surface area contributed by atoms with Crippen LogP contribution in [-0.2, 0) is 16.0 Å². The zero-order valence-corrected chi connectivity index (χ0v) is 17.5. The van der Waals surface area contributed by atoms with Crippen molar-refractivity contribution in [2.45, 2.75) is 19.8 Å². The van der Waals surface area contributed by atoms with E-state index in [0.29, 0.717) is 27.2 Å². The van der Waals surface area contributed by atoms with E-state index in [2.05, 4.69) is 31.8 Å². The van der Waals surface area contributed by atoms with Gasteiger partial charge in [-0.3, -0.25) is 9.59 Å². The first kappa shape index (κ1) is 21.4. The molecule has 2 amide bonds. The minimum atomic E-state index is -0.512. The van der Waals surface area contributed by atoms with Crippen molar-refractivity contribution in [1.29, 1.82) is 0 Å². The summed E-state index contributed by atoms with van der Waals surface area (Å²) >= 11 is 3.39. The van der Waals surface area contributed by atoms with Gasteiger partial charge in [-0.1, -0.05) is 25.1 Å². The maximum atomic E-state index is 12.1. The number of para-hydroxylation sites is 1. The number of hydrogen-bond donors (Lipinski definition) is 2. The quantitative estimate of drug-likeness (QED) is 0.368. The highest BCUT2D eigenvalue weighted by molar-refractivity contribution is 9.10. The molecule has 0 aromatic heterocycles.